The third-order valence-electron chi connectivity index (χ3n) is 4.46. The van der Waals surface area contributed by atoms with Gasteiger partial charge in [0, 0.05) is 5.69 Å². The van der Waals surface area contributed by atoms with Crippen molar-refractivity contribution < 1.29 is 9.47 Å². The zero-order valence-corrected chi connectivity index (χ0v) is 17.3. The van der Waals surface area contributed by atoms with Gasteiger partial charge < -0.3 is 20.1 Å². The molecule has 0 aliphatic heterocycles. The smallest absolute Gasteiger partial charge is 0.249 e. The minimum Gasteiger partial charge on any atom is -0.497 e. The fraction of sp³-hybridized carbons (Fsp3) is 0.318. The fourth-order valence-electron chi connectivity index (χ4n) is 2.92. The number of nitrogens with zero attached hydrogens (tertiary/aromatic N) is 3. The molecule has 0 aliphatic rings. The van der Waals surface area contributed by atoms with Crippen molar-refractivity contribution in [1.29, 1.82) is 0 Å². The number of hydrogen-bond donors (Lipinski definition) is 2. The number of benzene rings is 2. The van der Waals surface area contributed by atoms with Crippen LogP contribution in [-0.4, -0.2) is 35.4 Å². The number of ether oxygens (including phenoxy) is 2. The van der Waals surface area contributed by atoms with Crippen LogP contribution in [0.3, 0.4) is 0 Å². The molecule has 0 spiro atoms. The topological polar surface area (TPSA) is 81.2 Å². The molecule has 3 rings (SSSR count). The first kappa shape index (κ1) is 20.4. The first-order valence-corrected chi connectivity index (χ1v) is 9.64. The van der Waals surface area contributed by atoms with Gasteiger partial charge in [-0.1, -0.05) is 32.0 Å². The van der Waals surface area contributed by atoms with Crippen molar-refractivity contribution in [3.8, 4) is 11.5 Å². The summed E-state index contributed by atoms with van der Waals surface area (Å²) in [6, 6.07) is 13.7. The van der Waals surface area contributed by atoms with Gasteiger partial charge in [-0.15, -0.1) is 5.10 Å². The molecule has 1 heterocycles. The molecule has 0 amide bonds. The zero-order valence-electron chi connectivity index (χ0n) is 17.3. The first-order valence-electron chi connectivity index (χ1n) is 9.64. The minimum atomic E-state index is 0.391. The molecule has 0 saturated carbocycles. The third-order valence-corrected chi connectivity index (χ3v) is 4.46. The van der Waals surface area contributed by atoms with Crippen LogP contribution in [0.25, 0.3) is 0 Å². The van der Waals surface area contributed by atoms with E-state index in [-0.39, 0.29) is 0 Å². The molecule has 3 aromatic rings. The lowest BCUT2D eigenvalue weighted by Gasteiger charge is -2.16. The van der Waals surface area contributed by atoms with Gasteiger partial charge in [0.2, 0.25) is 5.95 Å². The largest absolute Gasteiger partial charge is 0.497 e. The van der Waals surface area contributed by atoms with Crippen molar-refractivity contribution >= 4 is 17.5 Å². The van der Waals surface area contributed by atoms with Crippen molar-refractivity contribution in [3.05, 3.63) is 59.8 Å². The zero-order chi connectivity index (χ0) is 20.6. The van der Waals surface area contributed by atoms with Gasteiger partial charge in [0.05, 0.1) is 19.9 Å². The normalized spacial score (nSPS) is 10.7. The van der Waals surface area contributed by atoms with Gasteiger partial charge in [-0.3, -0.25) is 0 Å². The van der Waals surface area contributed by atoms with Gasteiger partial charge >= 0.3 is 0 Å². The summed E-state index contributed by atoms with van der Waals surface area (Å²) in [7, 11) is 1.64. The highest BCUT2D eigenvalue weighted by Crippen LogP contribution is 2.29. The van der Waals surface area contributed by atoms with Crippen LogP contribution in [0.5, 0.6) is 11.5 Å². The monoisotopic (exact) mass is 393 g/mol. The number of aromatic nitrogens is 3. The van der Waals surface area contributed by atoms with Crippen molar-refractivity contribution in [2.24, 2.45) is 0 Å². The Bertz CT molecular complexity index is 929. The summed E-state index contributed by atoms with van der Waals surface area (Å²) in [6.45, 7) is 7.49. The van der Waals surface area contributed by atoms with Crippen LogP contribution < -0.4 is 20.1 Å². The Hall–Kier alpha value is -3.35. The lowest BCUT2D eigenvalue weighted by molar-refractivity contribution is 0.331. The molecule has 2 N–H and O–H groups in total. The van der Waals surface area contributed by atoms with Crippen LogP contribution >= 0.6 is 0 Å². The third kappa shape index (κ3) is 5.57. The number of methoxy groups -OCH3 is 1. The van der Waals surface area contributed by atoms with Crippen LogP contribution in [0, 0.1) is 6.92 Å². The molecule has 0 saturated heterocycles. The van der Waals surface area contributed by atoms with Crippen LogP contribution in [0.2, 0.25) is 0 Å². The SMILES string of the molecule is COc1ccc(OCCNc2cnnc(Nc3c(C)cccc3C(C)C)n2)cc1. The molecular weight excluding hydrogens is 366 g/mol. The molecular formula is C22H27N5O2. The molecule has 0 bridgehead atoms. The molecule has 152 valence electrons. The van der Waals surface area contributed by atoms with E-state index in [9.17, 15) is 0 Å². The Kier molecular flexibility index (Phi) is 6.84. The van der Waals surface area contributed by atoms with E-state index in [0.717, 1.165) is 22.7 Å². The summed E-state index contributed by atoms with van der Waals surface area (Å²) in [6.07, 6.45) is 1.60. The van der Waals surface area contributed by atoms with Gasteiger partial charge in [-0.2, -0.15) is 10.1 Å². The molecule has 0 atom stereocenters. The van der Waals surface area contributed by atoms with Crippen LogP contribution in [0.15, 0.2) is 48.7 Å². The summed E-state index contributed by atoms with van der Waals surface area (Å²) in [5.41, 5.74) is 3.40. The first-order chi connectivity index (χ1) is 14.1. The number of nitrogens with one attached hydrogen (secondary N) is 2. The van der Waals surface area contributed by atoms with Crippen molar-refractivity contribution in [1.82, 2.24) is 15.2 Å². The number of anilines is 3. The lowest BCUT2D eigenvalue weighted by atomic mass is 9.98. The number of para-hydroxylation sites is 1. The molecule has 0 radical (unpaired) electrons. The minimum absolute atomic E-state index is 0.391. The Labute approximate surface area is 171 Å². The fourth-order valence-corrected chi connectivity index (χ4v) is 2.92. The van der Waals surface area contributed by atoms with E-state index in [0.29, 0.717) is 30.8 Å². The predicted octanol–water partition coefficient (Wildman–Crippen LogP) is 4.55. The highest BCUT2D eigenvalue weighted by Gasteiger charge is 2.11. The van der Waals surface area contributed by atoms with Gasteiger partial charge in [0.1, 0.15) is 18.1 Å². The Balaban J connectivity index is 1.57. The van der Waals surface area contributed by atoms with E-state index in [4.69, 9.17) is 9.47 Å². The molecule has 0 aliphatic carbocycles. The van der Waals surface area contributed by atoms with Crippen molar-refractivity contribution in [3.63, 3.8) is 0 Å². The van der Waals surface area contributed by atoms with Crippen molar-refractivity contribution in [2.75, 3.05) is 30.9 Å². The maximum absolute atomic E-state index is 5.71. The second-order valence-electron chi connectivity index (χ2n) is 6.93. The van der Waals surface area contributed by atoms with E-state index in [2.05, 4.69) is 64.8 Å². The van der Waals surface area contributed by atoms with Crippen LogP contribution in [0.1, 0.15) is 30.9 Å². The molecule has 29 heavy (non-hydrogen) atoms. The lowest BCUT2D eigenvalue weighted by Crippen LogP contribution is -2.13. The van der Waals surface area contributed by atoms with Gasteiger partial charge in [-0.05, 0) is 48.2 Å². The van der Waals surface area contributed by atoms with Crippen LogP contribution in [-0.2, 0) is 0 Å². The quantitative estimate of drug-likeness (QED) is 0.516. The molecule has 0 fully saturated rings. The summed E-state index contributed by atoms with van der Waals surface area (Å²) < 4.78 is 10.9. The highest BCUT2D eigenvalue weighted by molar-refractivity contribution is 5.64. The van der Waals surface area contributed by atoms with E-state index >= 15 is 0 Å². The van der Waals surface area contributed by atoms with E-state index in [1.165, 1.54) is 5.56 Å². The van der Waals surface area contributed by atoms with E-state index < -0.39 is 0 Å². The van der Waals surface area contributed by atoms with E-state index in [1.807, 2.05) is 24.3 Å². The highest BCUT2D eigenvalue weighted by atomic mass is 16.5. The maximum Gasteiger partial charge on any atom is 0.249 e. The Morgan fingerprint density at radius 1 is 1.03 bits per heavy atom. The Morgan fingerprint density at radius 2 is 1.79 bits per heavy atom. The Morgan fingerprint density at radius 3 is 2.52 bits per heavy atom. The summed E-state index contributed by atoms with van der Waals surface area (Å²) >= 11 is 0. The summed E-state index contributed by atoms with van der Waals surface area (Å²) in [5.74, 6) is 3.08. The summed E-state index contributed by atoms with van der Waals surface area (Å²) in [4.78, 5) is 4.51. The average Bonchev–Trinajstić information content (AvgIpc) is 2.73. The molecule has 7 nitrogen and oxygen atoms in total. The second kappa shape index (κ2) is 9.73. The standard InChI is InChI=1S/C22H27N5O2/c1-15(2)19-7-5-6-16(3)21(19)26-22-25-20(14-24-27-22)23-12-13-29-18-10-8-17(28-4)9-11-18/h5-11,14-15H,12-13H2,1-4H3,(H2,23,25,26,27). The van der Waals surface area contributed by atoms with E-state index in [1.54, 1.807) is 13.3 Å². The average molecular weight is 393 g/mol. The van der Waals surface area contributed by atoms with Gasteiger partial charge in [0.15, 0.2) is 5.82 Å². The molecule has 0 unspecified atom stereocenters. The van der Waals surface area contributed by atoms with Crippen LogP contribution in [0.4, 0.5) is 17.5 Å². The number of aryl methyl sites for hydroxylation is 1. The van der Waals surface area contributed by atoms with Crippen molar-refractivity contribution in [2.45, 2.75) is 26.7 Å². The molecule has 7 heteroatoms. The van der Waals surface area contributed by atoms with Gasteiger partial charge in [-0.25, -0.2) is 0 Å². The van der Waals surface area contributed by atoms with Gasteiger partial charge in [0.25, 0.3) is 0 Å². The maximum atomic E-state index is 5.71. The molecule has 1 aromatic heterocycles. The predicted molar refractivity (Wildman–Crippen MR) is 115 cm³/mol. The number of rotatable bonds is 9. The summed E-state index contributed by atoms with van der Waals surface area (Å²) in [5, 5.41) is 14.7. The molecule has 2 aromatic carbocycles. The second-order valence-corrected chi connectivity index (χ2v) is 6.93. The number of hydrogen-bond acceptors (Lipinski definition) is 7.